The van der Waals surface area contributed by atoms with Crippen LogP contribution in [0.5, 0.6) is 0 Å². The summed E-state index contributed by atoms with van der Waals surface area (Å²) in [5, 5.41) is 3.66. The van der Waals surface area contributed by atoms with Crippen LogP contribution in [0.4, 0.5) is 14.5 Å². The highest BCUT2D eigenvalue weighted by Gasteiger charge is 2.24. The summed E-state index contributed by atoms with van der Waals surface area (Å²) in [6, 6.07) is 0. The van der Waals surface area contributed by atoms with Gasteiger partial charge in [0, 0.05) is 6.20 Å². The lowest BCUT2D eigenvalue weighted by Crippen LogP contribution is -2.16. The Morgan fingerprint density at radius 3 is 2.83 bits per heavy atom. The lowest BCUT2D eigenvalue weighted by atomic mass is 10.3. The molecule has 5 nitrogen and oxygen atoms in total. The first-order chi connectivity index (χ1) is 8.44. The third kappa shape index (κ3) is 4.25. The van der Waals surface area contributed by atoms with Crippen LogP contribution in [0, 0.1) is 5.92 Å². The van der Waals surface area contributed by atoms with Gasteiger partial charge in [0.25, 0.3) is 6.43 Å². The van der Waals surface area contributed by atoms with Crippen LogP contribution < -0.4 is 4.72 Å². The Bertz CT molecular complexity index is 497. The van der Waals surface area contributed by atoms with E-state index in [2.05, 4.69) is 9.82 Å². The molecule has 102 valence electrons. The second kappa shape index (κ2) is 5.21. The van der Waals surface area contributed by atoms with Crippen molar-refractivity contribution in [3.8, 4) is 0 Å². The van der Waals surface area contributed by atoms with Gasteiger partial charge < -0.3 is 0 Å². The number of alkyl halides is 2. The minimum absolute atomic E-state index is 0.0672. The average Bonchev–Trinajstić information content (AvgIpc) is 2.98. The fourth-order valence-corrected chi connectivity index (χ4v) is 2.83. The summed E-state index contributed by atoms with van der Waals surface area (Å²) in [5.74, 6) is 0.598. The molecule has 0 atom stereocenters. The smallest absolute Gasteiger partial charge is 0.257 e. The number of rotatable bonds is 7. The molecule has 18 heavy (non-hydrogen) atoms. The van der Waals surface area contributed by atoms with Crippen molar-refractivity contribution in [3.63, 3.8) is 0 Å². The molecule has 1 saturated carbocycles. The second-order valence-electron chi connectivity index (χ2n) is 4.50. The molecular weight excluding hydrogens is 264 g/mol. The maximum absolute atomic E-state index is 12.1. The van der Waals surface area contributed by atoms with E-state index in [1.807, 2.05) is 0 Å². The van der Waals surface area contributed by atoms with Crippen molar-refractivity contribution in [2.24, 2.45) is 5.92 Å². The van der Waals surface area contributed by atoms with Crippen molar-refractivity contribution in [2.75, 3.05) is 10.5 Å². The van der Waals surface area contributed by atoms with E-state index in [9.17, 15) is 17.2 Å². The molecule has 0 aromatic carbocycles. The number of hydrogen-bond donors (Lipinski definition) is 1. The Morgan fingerprint density at radius 1 is 1.50 bits per heavy atom. The van der Waals surface area contributed by atoms with Crippen molar-refractivity contribution in [2.45, 2.75) is 32.2 Å². The van der Waals surface area contributed by atoms with Gasteiger partial charge in [0.15, 0.2) is 0 Å². The third-order valence-corrected chi connectivity index (χ3v) is 4.04. The zero-order valence-corrected chi connectivity index (χ0v) is 10.5. The quantitative estimate of drug-likeness (QED) is 0.826. The first-order valence-corrected chi connectivity index (χ1v) is 7.41. The van der Waals surface area contributed by atoms with Crippen LogP contribution in [0.2, 0.25) is 0 Å². The Morgan fingerprint density at radius 2 is 2.22 bits per heavy atom. The molecule has 0 aliphatic heterocycles. The van der Waals surface area contributed by atoms with E-state index in [4.69, 9.17) is 0 Å². The van der Waals surface area contributed by atoms with Gasteiger partial charge in [0.2, 0.25) is 10.0 Å². The van der Waals surface area contributed by atoms with E-state index in [1.54, 1.807) is 0 Å². The topological polar surface area (TPSA) is 64.0 Å². The Hall–Kier alpha value is -1.18. The highest BCUT2D eigenvalue weighted by Crippen LogP contribution is 2.32. The highest BCUT2D eigenvalue weighted by molar-refractivity contribution is 7.92. The van der Waals surface area contributed by atoms with Crippen LogP contribution in [0.3, 0.4) is 0 Å². The van der Waals surface area contributed by atoms with Gasteiger partial charge in [-0.3, -0.25) is 9.40 Å². The van der Waals surface area contributed by atoms with Gasteiger partial charge in [-0.1, -0.05) is 12.8 Å². The summed E-state index contributed by atoms with van der Waals surface area (Å²) in [6.45, 7) is -0.538. The van der Waals surface area contributed by atoms with Crippen molar-refractivity contribution in [1.29, 1.82) is 0 Å². The van der Waals surface area contributed by atoms with E-state index in [1.165, 1.54) is 12.4 Å². The molecule has 0 radical (unpaired) electrons. The molecule has 0 bridgehead atoms. The summed E-state index contributed by atoms with van der Waals surface area (Å²) in [6.07, 6.45) is 2.84. The van der Waals surface area contributed by atoms with E-state index in [-0.39, 0.29) is 11.4 Å². The minimum atomic E-state index is -3.40. The van der Waals surface area contributed by atoms with Gasteiger partial charge in [-0.2, -0.15) is 5.10 Å². The minimum Gasteiger partial charge on any atom is -0.280 e. The molecule has 0 unspecified atom stereocenters. The molecular formula is C10H15F2N3O2S. The van der Waals surface area contributed by atoms with Crippen LogP contribution in [-0.2, 0) is 16.6 Å². The SMILES string of the molecule is O=S(=O)(CCC1CC1)Nc1cnn(CC(F)F)c1. The van der Waals surface area contributed by atoms with Gasteiger partial charge in [-0.15, -0.1) is 0 Å². The van der Waals surface area contributed by atoms with Crippen LogP contribution >= 0.6 is 0 Å². The number of sulfonamides is 1. The summed E-state index contributed by atoms with van der Waals surface area (Å²) in [4.78, 5) is 0. The first-order valence-electron chi connectivity index (χ1n) is 5.76. The van der Waals surface area contributed by atoms with E-state index in [0.29, 0.717) is 12.3 Å². The van der Waals surface area contributed by atoms with Crippen molar-refractivity contribution >= 4 is 15.7 Å². The van der Waals surface area contributed by atoms with Crippen molar-refractivity contribution in [3.05, 3.63) is 12.4 Å². The van der Waals surface area contributed by atoms with Gasteiger partial charge in [0.1, 0.15) is 6.54 Å². The summed E-state index contributed by atoms with van der Waals surface area (Å²) in [7, 11) is -3.40. The third-order valence-electron chi connectivity index (χ3n) is 2.72. The molecule has 1 N–H and O–H groups in total. The Balaban J connectivity index is 1.88. The van der Waals surface area contributed by atoms with E-state index >= 15 is 0 Å². The fraction of sp³-hybridized carbons (Fsp3) is 0.700. The zero-order valence-electron chi connectivity index (χ0n) is 9.72. The largest absolute Gasteiger partial charge is 0.280 e. The predicted molar refractivity (Wildman–Crippen MR) is 63.0 cm³/mol. The molecule has 1 heterocycles. The molecule has 0 amide bonds. The average molecular weight is 279 g/mol. The van der Waals surface area contributed by atoms with Crippen LogP contribution in [0.15, 0.2) is 12.4 Å². The second-order valence-corrected chi connectivity index (χ2v) is 6.34. The van der Waals surface area contributed by atoms with E-state index < -0.39 is 23.0 Å². The maximum atomic E-state index is 12.1. The van der Waals surface area contributed by atoms with Gasteiger partial charge in [0.05, 0.1) is 17.6 Å². The van der Waals surface area contributed by atoms with E-state index in [0.717, 1.165) is 17.5 Å². The number of anilines is 1. The zero-order chi connectivity index (χ0) is 13.2. The van der Waals surface area contributed by atoms with Crippen LogP contribution in [-0.4, -0.2) is 30.4 Å². The van der Waals surface area contributed by atoms with Crippen molar-refractivity contribution in [1.82, 2.24) is 9.78 Å². The molecule has 1 aliphatic rings. The standard InChI is InChI=1S/C10H15F2N3O2S/c11-10(12)7-15-6-9(5-13-15)14-18(16,17)4-3-8-1-2-8/h5-6,8,10,14H,1-4,7H2. The first kappa shape index (κ1) is 13.3. The fourth-order valence-electron chi connectivity index (χ4n) is 1.62. The number of hydrogen-bond acceptors (Lipinski definition) is 3. The Labute approximate surface area is 104 Å². The lowest BCUT2D eigenvalue weighted by Gasteiger charge is -2.04. The Kier molecular flexibility index (Phi) is 3.84. The number of nitrogens with one attached hydrogen (secondary N) is 1. The summed E-state index contributed by atoms with van der Waals surface area (Å²) in [5.41, 5.74) is 0.228. The molecule has 1 aromatic rings. The summed E-state index contributed by atoms with van der Waals surface area (Å²) < 4.78 is 50.9. The monoisotopic (exact) mass is 279 g/mol. The number of nitrogens with zero attached hydrogens (tertiary/aromatic N) is 2. The number of halogens is 2. The molecule has 8 heteroatoms. The predicted octanol–water partition coefficient (Wildman–Crippen LogP) is 1.69. The molecule has 0 spiro atoms. The lowest BCUT2D eigenvalue weighted by molar-refractivity contribution is 0.122. The van der Waals surface area contributed by atoms with Crippen LogP contribution in [0.1, 0.15) is 19.3 Å². The van der Waals surface area contributed by atoms with Crippen molar-refractivity contribution < 1.29 is 17.2 Å². The van der Waals surface area contributed by atoms with Gasteiger partial charge in [-0.25, -0.2) is 17.2 Å². The maximum Gasteiger partial charge on any atom is 0.257 e. The normalized spacial score (nSPS) is 16.2. The highest BCUT2D eigenvalue weighted by atomic mass is 32.2. The molecule has 1 aliphatic carbocycles. The molecule has 2 rings (SSSR count). The molecule has 1 aromatic heterocycles. The number of aromatic nitrogens is 2. The van der Waals surface area contributed by atoms with Gasteiger partial charge >= 0.3 is 0 Å². The molecule has 1 fully saturated rings. The van der Waals surface area contributed by atoms with Gasteiger partial charge in [-0.05, 0) is 12.3 Å². The van der Waals surface area contributed by atoms with Crippen LogP contribution in [0.25, 0.3) is 0 Å². The summed E-state index contributed by atoms with van der Waals surface area (Å²) >= 11 is 0. The molecule has 0 saturated heterocycles.